The molecule has 2 atom stereocenters. The third kappa shape index (κ3) is 34.5. The summed E-state index contributed by atoms with van der Waals surface area (Å²) in [5.74, 6) is 2.32. The van der Waals surface area contributed by atoms with Crippen LogP contribution in [0.3, 0.4) is 0 Å². The molecule has 0 saturated carbocycles. The molecule has 0 aromatic heterocycles. The molecule has 0 aliphatic heterocycles. The summed E-state index contributed by atoms with van der Waals surface area (Å²) in [5, 5.41) is 10.8. The molecule has 0 bridgehead atoms. The maximum atomic E-state index is 13.9. The van der Waals surface area contributed by atoms with E-state index in [1.807, 2.05) is 13.8 Å². The minimum atomic E-state index is -0.782. The Labute approximate surface area is 510 Å². The van der Waals surface area contributed by atoms with E-state index in [0.29, 0.717) is 131 Å². The molecule has 0 fully saturated rings. The normalized spacial score (nSPS) is 11.8. The molecule has 0 spiro atoms. The van der Waals surface area contributed by atoms with Crippen LogP contribution in [0.25, 0.3) is 0 Å². The zero-order valence-corrected chi connectivity index (χ0v) is 53.8. The van der Waals surface area contributed by atoms with Crippen molar-refractivity contribution in [2.24, 2.45) is 11.5 Å². The predicted octanol–water partition coefficient (Wildman–Crippen LogP) is 5.25. The molecule has 0 heterocycles. The maximum absolute atomic E-state index is 13.9. The average molecular weight is 1230 g/mol. The molecule has 26 heteroatoms. The van der Waals surface area contributed by atoms with Gasteiger partial charge in [0.05, 0.1) is 125 Å². The van der Waals surface area contributed by atoms with Crippen LogP contribution in [0.1, 0.15) is 119 Å². The van der Waals surface area contributed by atoms with Crippen LogP contribution in [0.2, 0.25) is 0 Å². The predicted molar refractivity (Wildman–Crippen MR) is 325 cm³/mol. The van der Waals surface area contributed by atoms with E-state index in [9.17, 15) is 28.8 Å². The molecule has 8 N–H and O–H groups in total. The highest BCUT2D eigenvalue weighted by Gasteiger charge is 2.29. The van der Waals surface area contributed by atoms with Crippen molar-refractivity contribution in [3.8, 4) is 34.5 Å². The average Bonchev–Trinajstić information content (AvgIpc) is 2.06. The summed E-state index contributed by atoms with van der Waals surface area (Å²) in [7, 11) is 6.18. The third-order valence-corrected chi connectivity index (χ3v) is 11.9. The zero-order valence-electron chi connectivity index (χ0n) is 53.8. The van der Waals surface area contributed by atoms with Crippen LogP contribution >= 0.6 is 0 Å². The van der Waals surface area contributed by atoms with Crippen LogP contribution in [-0.4, -0.2) is 203 Å². The van der Waals surface area contributed by atoms with Crippen LogP contribution in [0.15, 0.2) is 24.3 Å². The van der Waals surface area contributed by atoms with Gasteiger partial charge in [-0.3, -0.25) is 19.2 Å². The molecule has 2 unspecified atom stereocenters. The summed E-state index contributed by atoms with van der Waals surface area (Å²) in [4.78, 5) is 77.1. The topological polar surface area (TPSA) is 320 Å². The van der Waals surface area contributed by atoms with Crippen molar-refractivity contribution in [3.63, 3.8) is 0 Å². The fourth-order valence-electron chi connectivity index (χ4n) is 8.05. The van der Waals surface area contributed by atoms with Crippen LogP contribution in [-0.2, 0) is 60.7 Å². The van der Waals surface area contributed by atoms with E-state index < -0.39 is 35.5 Å². The van der Waals surface area contributed by atoms with Crippen molar-refractivity contribution in [2.45, 2.75) is 144 Å². The molecule has 6 amide bonds. The van der Waals surface area contributed by atoms with Crippen LogP contribution in [0, 0.1) is 0 Å². The lowest BCUT2D eigenvalue weighted by molar-refractivity contribution is -0.137. The number of rotatable bonds is 42. The number of alkyl carbamates (subject to hydrolysis) is 2. The first-order valence-corrected chi connectivity index (χ1v) is 29.4. The van der Waals surface area contributed by atoms with Gasteiger partial charge in [-0.2, -0.15) is 0 Å². The third-order valence-electron chi connectivity index (χ3n) is 11.9. The highest BCUT2D eigenvalue weighted by molar-refractivity contribution is 5.87. The number of carbonyl (C=O) groups is 6. The van der Waals surface area contributed by atoms with Crippen LogP contribution < -0.4 is 61.2 Å². The molecule has 2 aromatic carbocycles. The van der Waals surface area contributed by atoms with Gasteiger partial charge in [0.25, 0.3) is 0 Å². The number of nitrogens with one attached hydrogen (secondary N) is 4. The van der Waals surface area contributed by atoms with Gasteiger partial charge in [0.1, 0.15) is 51.7 Å². The van der Waals surface area contributed by atoms with Crippen molar-refractivity contribution in [2.75, 3.05) is 134 Å². The number of carbonyl (C=O) groups excluding carboxylic acids is 6. The van der Waals surface area contributed by atoms with E-state index in [0.717, 1.165) is 12.8 Å². The highest BCUT2D eigenvalue weighted by atomic mass is 16.6. The van der Waals surface area contributed by atoms with E-state index in [4.69, 9.17) is 68.3 Å². The highest BCUT2D eigenvalue weighted by Crippen LogP contribution is 2.37. The molecule has 2 rings (SSSR count). The first-order valence-electron chi connectivity index (χ1n) is 29.4. The number of methoxy groups -OCH3 is 4. The first kappa shape index (κ1) is 77.4. The van der Waals surface area contributed by atoms with E-state index in [1.165, 1.54) is 28.1 Å². The van der Waals surface area contributed by atoms with E-state index >= 15 is 0 Å². The SMILES string of the molecule is CCOc1cc(OC)c(CN(CCOCCOCCNC(=O)OC(C)(C)C)C(=O)C(CCCCNC(C)=O)NC(C)=O)c(OC)c1.CCOc1cc(OC)c(CN(CCOCCOCCNC(=O)OC(C)(C)C)C(=O)C(N)CCCCN)c(OC)c1. The molecular weight excluding hydrogens is 1120 g/mol. The molecule has 0 aliphatic rings. The lowest BCUT2D eigenvalue weighted by Crippen LogP contribution is -2.48. The first-order chi connectivity index (χ1) is 40.9. The smallest absolute Gasteiger partial charge is 0.407 e. The lowest BCUT2D eigenvalue weighted by atomic mass is 10.1. The van der Waals surface area contributed by atoms with Gasteiger partial charge in [0.2, 0.25) is 23.6 Å². The number of hydrogen-bond acceptors (Lipinski definition) is 20. The number of nitrogens with two attached hydrogens (primary N) is 2. The zero-order chi connectivity index (χ0) is 64.5. The fourth-order valence-corrected chi connectivity index (χ4v) is 8.05. The van der Waals surface area contributed by atoms with Gasteiger partial charge in [-0.25, -0.2) is 9.59 Å². The molecule has 26 nitrogen and oxygen atoms in total. The molecule has 0 saturated heterocycles. The monoisotopic (exact) mass is 1220 g/mol. The summed E-state index contributed by atoms with van der Waals surface area (Å²) in [6.07, 6.45) is 2.76. The Morgan fingerprint density at radius 2 is 0.907 bits per heavy atom. The van der Waals surface area contributed by atoms with Crippen molar-refractivity contribution in [3.05, 3.63) is 35.4 Å². The van der Waals surface area contributed by atoms with Crippen molar-refractivity contribution in [1.82, 2.24) is 31.1 Å². The van der Waals surface area contributed by atoms with Gasteiger partial charge in [-0.15, -0.1) is 0 Å². The largest absolute Gasteiger partial charge is 0.496 e. The minimum absolute atomic E-state index is 0.121. The molecular formula is C60H104N8O18. The Hall–Kier alpha value is -6.58. The van der Waals surface area contributed by atoms with Gasteiger partial charge in [-0.1, -0.05) is 6.42 Å². The van der Waals surface area contributed by atoms with Gasteiger partial charge in [-0.05, 0) is 94.0 Å². The van der Waals surface area contributed by atoms with E-state index in [1.54, 1.807) is 89.8 Å². The Morgan fingerprint density at radius 1 is 0.512 bits per heavy atom. The second-order valence-electron chi connectivity index (χ2n) is 21.4. The molecule has 492 valence electrons. The molecule has 0 aliphatic carbocycles. The summed E-state index contributed by atoms with van der Waals surface area (Å²) in [5.41, 5.74) is 12.1. The van der Waals surface area contributed by atoms with Crippen molar-refractivity contribution in [1.29, 1.82) is 0 Å². The number of unbranched alkanes of at least 4 members (excludes halogenated alkanes) is 2. The number of nitrogens with zero attached hydrogens (tertiary/aromatic N) is 2. The van der Waals surface area contributed by atoms with Crippen LogP contribution in [0.5, 0.6) is 34.5 Å². The number of benzene rings is 2. The van der Waals surface area contributed by atoms with Gasteiger partial charge in [0, 0.05) is 70.8 Å². The Bertz CT molecular complexity index is 2230. The Balaban J connectivity index is 0.000000868. The van der Waals surface area contributed by atoms with Crippen LogP contribution in [0.4, 0.5) is 9.59 Å². The minimum Gasteiger partial charge on any atom is -0.496 e. The Kier molecular flexibility index (Phi) is 39.6. The summed E-state index contributed by atoms with van der Waals surface area (Å²) >= 11 is 0. The molecule has 2 aromatic rings. The van der Waals surface area contributed by atoms with Gasteiger partial charge >= 0.3 is 12.2 Å². The van der Waals surface area contributed by atoms with Gasteiger partial charge in [0.15, 0.2) is 0 Å². The number of amides is 6. The number of hydrogen-bond donors (Lipinski definition) is 6. The second kappa shape index (κ2) is 43.9. The summed E-state index contributed by atoms with van der Waals surface area (Å²) in [6, 6.07) is 5.58. The van der Waals surface area contributed by atoms with E-state index in [2.05, 4.69) is 21.3 Å². The van der Waals surface area contributed by atoms with E-state index in [-0.39, 0.29) is 82.8 Å². The van der Waals surface area contributed by atoms with Gasteiger partial charge < -0.3 is 99.4 Å². The fraction of sp³-hybridized carbons (Fsp3) is 0.700. The second-order valence-corrected chi connectivity index (χ2v) is 21.4. The Morgan fingerprint density at radius 3 is 1.27 bits per heavy atom. The molecule has 86 heavy (non-hydrogen) atoms. The summed E-state index contributed by atoms with van der Waals surface area (Å²) < 4.78 is 66.6. The quantitative estimate of drug-likeness (QED) is 0.0463. The molecule has 0 radical (unpaired) electrons. The lowest BCUT2D eigenvalue weighted by Gasteiger charge is -2.29. The summed E-state index contributed by atoms with van der Waals surface area (Å²) in [6.45, 7) is 23.1. The maximum Gasteiger partial charge on any atom is 0.407 e. The van der Waals surface area contributed by atoms with Crippen molar-refractivity contribution < 1.29 is 85.6 Å². The van der Waals surface area contributed by atoms with Crippen molar-refractivity contribution >= 4 is 35.8 Å². The number of ether oxygens (including phenoxy) is 12. The standard InChI is InChI=1S/C32H54N4O10.C28H50N4O8/c1-9-45-25-20-28(41-7)26(29(21-25)42-8)22-36(30(39)27(35-24(3)38)12-10-11-13-33-23(2)37)15-17-44-19-18-43-16-14-34-31(40)46-32(4,5)6;1-7-39-21-18-24(35-5)22(25(19-21)36-6)20-32(26(33)23(30)10-8-9-11-29)13-15-38-17-16-37-14-12-31-27(34)40-28(2,3)4/h20-21,27H,9-19,22H2,1-8H3,(H,33,37)(H,34,40)(H,35,38);18-19,23H,7-17,20,29-30H2,1-6H3,(H,31,34).